The molecule has 5 nitrogen and oxygen atoms in total. The first-order chi connectivity index (χ1) is 10.0. The van der Waals surface area contributed by atoms with Gasteiger partial charge in [-0.3, -0.25) is 4.79 Å². The Kier molecular flexibility index (Phi) is 4.93. The fourth-order valence-electron chi connectivity index (χ4n) is 1.72. The Labute approximate surface area is 130 Å². The van der Waals surface area contributed by atoms with Crippen molar-refractivity contribution in [3.63, 3.8) is 0 Å². The molecule has 2 aromatic rings. The number of para-hydroxylation sites is 1. The predicted molar refractivity (Wildman–Crippen MR) is 82.3 cm³/mol. The molecule has 2 N–H and O–H groups in total. The number of carboxylic acid groups (broad SMARTS) is 1. The van der Waals surface area contributed by atoms with E-state index in [0.717, 1.165) is 0 Å². The molecule has 1 amide bonds. The second kappa shape index (κ2) is 6.69. The number of aromatic carboxylic acids is 1. The average molecular weight is 326 g/mol. The second-order valence-electron chi connectivity index (χ2n) is 4.12. The summed E-state index contributed by atoms with van der Waals surface area (Å²) < 4.78 is 5.37. The minimum atomic E-state index is -1.17. The molecule has 2 rings (SSSR count). The van der Waals surface area contributed by atoms with E-state index in [9.17, 15) is 9.59 Å². The lowest BCUT2D eigenvalue weighted by atomic mass is 10.1. The first kappa shape index (κ1) is 15.5. The van der Waals surface area contributed by atoms with Crippen molar-refractivity contribution in [2.24, 2.45) is 0 Å². The Morgan fingerprint density at radius 2 is 2.10 bits per heavy atom. The first-order valence-corrected chi connectivity index (χ1v) is 7.71. The third-order valence-electron chi connectivity index (χ3n) is 2.65. The predicted octanol–water partition coefficient (Wildman–Crippen LogP) is 3.75. The van der Waals surface area contributed by atoms with E-state index in [-0.39, 0.29) is 22.0 Å². The third-order valence-corrected chi connectivity index (χ3v) is 3.54. The molecule has 0 aliphatic carbocycles. The molecule has 0 radical (unpaired) electrons. The number of benzene rings is 1. The summed E-state index contributed by atoms with van der Waals surface area (Å²) >= 11 is 7.52. The van der Waals surface area contributed by atoms with Crippen molar-refractivity contribution in [3.05, 3.63) is 52.4 Å². The van der Waals surface area contributed by atoms with Crippen LogP contribution in [0.4, 0.5) is 5.69 Å². The zero-order chi connectivity index (χ0) is 15.4. The van der Waals surface area contributed by atoms with Crippen LogP contribution in [0.2, 0.25) is 5.02 Å². The largest absolute Gasteiger partial charge is 0.478 e. The Hall–Kier alpha value is -1.92. The number of carboxylic acids is 1. The van der Waals surface area contributed by atoms with Crippen molar-refractivity contribution < 1.29 is 19.1 Å². The molecule has 0 unspecified atom stereocenters. The smallest absolute Gasteiger partial charge is 0.337 e. The molecule has 0 aliphatic rings. The van der Waals surface area contributed by atoms with E-state index in [1.54, 1.807) is 17.8 Å². The standard InChI is InChI=1S/C14H12ClNO4S/c1-21-7-8-5-6-11(20-8)13(17)16-12-9(14(18)19)3-2-4-10(12)15/h2-6H,7H2,1H3,(H,16,17)(H,18,19). The molecule has 1 aromatic heterocycles. The number of anilines is 1. The van der Waals surface area contributed by atoms with Crippen LogP contribution in [0.3, 0.4) is 0 Å². The molecule has 110 valence electrons. The summed E-state index contributed by atoms with van der Waals surface area (Å²) in [6, 6.07) is 7.62. The zero-order valence-electron chi connectivity index (χ0n) is 11.1. The van der Waals surface area contributed by atoms with Crippen molar-refractivity contribution in [3.8, 4) is 0 Å². The van der Waals surface area contributed by atoms with E-state index >= 15 is 0 Å². The molecule has 1 heterocycles. The van der Waals surface area contributed by atoms with Crippen LogP contribution in [-0.4, -0.2) is 23.2 Å². The Balaban J connectivity index is 2.25. The van der Waals surface area contributed by atoms with Gasteiger partial charge in [-0.1, -0.05) is 17.7 Å². The maximum absolute atomic E-state index is 12.1. The van der Waals surface area contributed by atoms with Gasteiger partial charge in [0, 0.05) is 0 Å². The maximum Gasteiger partial charge on any atom is 0.337 e. The minimum absolute atomic E-state index is 0.0551. The van der Waals surface area contributed by atoms with Gasteiger partial charge in [0.05, 0.1) is 22.0 Å². The molecular weight excluding hydrogens is 314 g/mol. The van der Waals surface area contributed by atoms with Gasteiger partial charge >= 0.3 is 5.97 Å². The number of hydrogen-bond acceptors (Lipinski definition) is 4. The van der Waals surface area contributed by atoms with E-state index < -0.39 is 11.9 Å². The molecule has 0 fully saturated rings. The lowest BCUT2D eigenvalue weighted by molar-refractivity contribution is 0.0698. The van der Waals surface area contributed by atoms with Gasteiger partial charge in [0.2, 0.25) is 0 Å². The molecule has 0 saturated carbocycles. The topological polar surface area (TPSA) is 79.5 Å². The Bertz CT molecular complexity index is 683. The molecule has 0 saturated heterocycles. The maximum atomic E-state index is 12.1. The van der Waals surface area contributed by atoms with Crippen molar-refractivity contribution in [2.75, 3.05) is 11.6 Å². The second-order valence-corrected chi connectivity index (χ2v) is 5.39. The molecule has 1 aromatic carbocycles. The molecule has 7 heteroatoms. The number of thioether (sulfide) groups is 1. The number of furan rings is 1. The van der Waals surface area contributed by atoms with Gasteiger partial charge in [-0.15, -0.1) is 0 Å². The van der Waals surface area contributed by atoms with Crippen LogP contribution in [0.25, 0.3) is 0 Å². The van der Waals surface area contributed by atoms with Crippen LogP contribution in [0.1, 0.15) is 26.7 Å². The number of carbonyl (C=O) groups is 2. The van der Waals surface area contributed by atoms with Gasteiger partial charge in [-0.2, -0.15) is 11.8 Å². The number of rotatable bonds is 5. The summed E-state index contributed by atoms with van der Waals surface area (Å²) in [5.41, 5.74) is -0.0220. The summed E-state index contributed by atoms with van der Waals surface area (Å²) in [4.78, 5) is 23.2. The SMILES string of the molecule is CSCc1ccc(C(=O)Nc2c(Cl)cccc2C(=O)O)o1. The highest BCUT2D eigenvalue weighted by molar-refractivity contribution is 7.97. The molecule has 21 heavy (non-hydrogen) atoms. The van der Waals surface area contributed by atoms with Crippen LogP contribution < -0.4 is 5.32 Å². The zero-order valence-corrected chi connectivity index (χ0v) is 12.6. The highest BCUT2D eigenvalue weighted by Crippen LogP contribution is 2.27. The molecule has 0 bridgehead atoms. The third kappa shape index (κ3) is 3.59. The summed E-state index contributed by atoms with van der Waals surface area (Å²) in [6.45, 7) is 0. The molecule has 0 atom stereocenters. The molecule has 0 aliphatic heterocycles. The van der Waals surface area contributed by atoms with E-state index in [1.807, 2.05) is 6.26 Å². The fraction of sp³-hybridized carbons (Fsp3) is 0.143. The summed E-state index contributed by atoms with van der Waals surface area (Å²) in [5.74, 6) is -0.284. The van der Waals surface area contributed by atoms with E-state index in [2.05, 4.69) is 5.32 Å². The Morgan fingerprint density at radius 3 is 2.76 bits per heavy atom. The van der Waals surface area contributed by atoms with Crippen LogP contribution in [0.15, 0.2) is 34.7 Å². The van der Waals surface area contributed by atoms with Crippen molar-refractivity contribution >= 4 is 40.9 Å². The molecule has 0 spiro atoms. The Morgan fingerprint density at radius 1 is 1.33 bits per heavy atom. The first-order valence-electron chi connectivity index (χ1n) is 5.93. The summed E-state index contributed by atoms with van der Waals surface area (Å²) in [7, 11) is 0. The van der Waals surface area contributed by atoms with Gasteiger partial charge in [-0.05, 0) is 30.5 Å². The van der Waals surface area contributed by atoms with E-state index in [0.29, 0.717) is 11.5 Å². The quantitative estimate of drug-likeness (QED) is 0.875. The summed E-state index contributed by atoms with van der Waals surface area (Å²) in [6.07, 6.45) is 1.92. The van der Waals surface area contributed by atoms with Crippen LogP contribution >= 0.6 is 23.4 Å². The van der Waals surface area contributed by atoms with Gasteiger partial charge in [0.1, 0.15) is 5.76 Å². The number of carbonyl (C=O) groups excluding carboxylic acids is 1. The number of hydrogen-bond donors (Lipinski definition) is 2. The highest BCUT2D eigenvalue weighted by atomic mass is 35.5. The fourth-order valence-corrected chi connectivity index (χ4v) is 2.39. The van der Waals surface area contributed by atoms with E-state index in [4.69, 9.17) is 21.1 Å². The van der Waals surface area contributed by atoms with Gasteiger partial charge in [-0.25, -0.2) is 4.79 Å². The van der Waals surface area contributed by atoms with Gasteiger partial charge < -0.3 is 14.8 Å². The van der Waals surface area contributed by atoms with Crippen LogP contribution in [0, 0.1) is 0 Å². The van der Waals surface area contributed by atoms with Gasteiger partial charge in [0.25, 0.3) is 5.91 Å². The normalized spacial score (nSPS) is 10.4. The molecular formula is C14H12ClNO4S. The van der Waals surface area contributed by atoms with Gasteiger partial charge in [0.15, 0.2) is 5.76 Å². The van der Waals surface area contributed by atoms with Crippen molar-refractivity contribution in [1.29, 1.82) is 0 Å². The number of nitrogens with one attached hydrogen (secondary N) is 1. The van der Waals surface area contributed by atoms with Crippen molar-refractivity contribution in [1.82, 2.24) is 0 Å². The lowest BCUT2D eigenvalue weighted by Crippen LogP contribution is -2.14. The minimum Gasteiger partial charge on any atom is -0.478 e. The lowest BCUT2D eigenvalue weighted by Gasteiger charge is -2.09. The van der Waals surface area contributed by atoms with Crippen LogP contribution in [-0.2, 0) is 5.75 Å². The number of amides is 1. The van der Waals surface area contributed by atoms with Crippen molar-refractivity contribution in [2.45, 2.75) is 5.75 Å². The summed E-state index contributed by atoms with van der Waals surface area (Å²) in [5, 5.41) is 11.7. The number of halogens is 1. The van der Waals surface area contributed by atoms with Crippen LogP contribution in [0.5, 0.6) is 0 Å². The van der Waals surface area contributed by atoms with E-state index in [1.165, 1.54) is 24.3 Å². The average Bonchev–Trinajstić information content (AvgIpc) is 2.90. The monoisotopic (exact) mass is 325 g/mol. The highest BCUT2D eigenvalue weighted by Gasteiger charge is 2.18.